The normalized spacial score (nSPS) is 23.9. The Balaban J connectivity index is 1.71. The molecule has 0 aliphatic heterocycles. The number of benzene rings is 1. The van der Waals surface area contributed by atoms with Crippen molar-refractivity contribution >= 4 is 5.91 Å². The van der Waals surface area contributed by atoms with Crippen LogP contribution in [-0.2, 0) is 4.79 Å². The smallest absolute Gasteiger partial charge is 0.260 e. The Morgan fingerprint density at radius 3 is 2.60 bits per heavy atom. The maximum Gasteiger partial charge on any atom is 0.260 e. The molecule has 1 aromatic carbocycles. The van der Waals surface area contributed by atoms with Gasteiger partial charge in [0.15, 0.2) is 6.10 Å². The lowest BCUT2D eigenvalue weighted by Gasteiger charge is -2.26. The van der Waals surface area contributed by atoms with Crippen molar-refractivity contribution in [3.63, 3.8) is 0 Å². The zero-order valence-electron chi connectivity index (χ0n) is 11.9. The molecule has 20 heavy (non-hydrogen) atoms. The Kier molecular flexibility index (Phi) is 5.41. The number of carbonyl (C=O) groups is 1. The van der Waals surface area contributed by atoms with E-state index in [1.807, 2.05) is 30.3 Å². The van der Waals surface area contributed by atoms with Gasteiger partial charge in [-0.05, 0) is 50.7 Å². The van der Waals surface area contributed by atoms with Crippen molar-refractivity contribution in [3.8, 4) is 5.75 Å². The Labute approximate surface area is 120 Å². The molecule has 0 heterocycles. The molecule has 4 heteroatoms. The van der Waals surface area contributed by atoms with Crippen molar-refractivity contribution in [2.75, 3.05) is 6.54 Å². The SMILES string of the molecule is CC(Oc1ccccc1)C(=O)NCC1CCC(O)CC1. The summed E-state index contributed by atoms with van der Waals surface area (Å²) in [5, 5.41) is 12.4. The lowest BCUT2D eigenvalue weighted by molar-refractivity contribution is -0.127. The number of carbonyl (C=O) groups excluding carboxylic acids is 1. The van der Waals surface area contributed by atoms with Crippen LogP contribution in [0.3, 0.4) is 0 Å². The monoisotopic (exact) mass is 277 g/mol. The third kappa shape index (κ3) is 4.53. The van der Waals surface area contributed by atoms with Crippen LogP contribution in [0.5, 0.6) is 5.75 Å². The zero-order chi connectivity index (χ0) is 14.4. The molecule has 0 aromatic heterocycles. The molecule has 1 saturated carbocycles. The second-order valence-corrected chi connectivity index (χ2v) is 5.49. The predicted octanol–water partition coefficient (Wildman–Crippen LogP) is 2.12. The number of nitrogens with one attached hydrogen (secondary N) is 1. The molecule has 1 aliphatic carbocycles. The number of ether oxygens (including phenoxy) is 1. The maximum atomic E-state index is 12.0. The van der Waals surface area contributed by atoms with Crippen LogP contribution in [0.2, 0.25) is 0 Å². The van der Waals surface area contributed by atoms with E-state index in [4.69, 9.17) is 4.74 Å². The van der Waals surface area contributed by atoms with Gasteiger partial charge in [0.2, 0.25) is 0 Å². The summed E-state index contributed by atoms with van der Waals surface area (Å²) in [6, 6.07) is 9.36. The minimum absolute atomic E-state index is 0.0834. The molecule has 1 amide bonds. The van der Waals surface area contributed by atoms with Gasteiger partial charge in [-0.25, -0.2) is 0 Å². The highest BCUT2D eigenvalue weighted by molar-refractivity contribution is 5.80. The first kappa shape index (κ1) is 14.9. The number of para-hydroxylation sites is 1. The van der Waals surface area contributed by atoms with Crippen molar-refractivity contribution < 1.29 is 14.6 Å². The predicted molar refractivity (Wildman–Crippen MR) is 77.5 cm³/mol. The van der Waals surface area contributed by atoms with Gasteiger partial charge in [0.1, 0.15) is 5.75 Å². The second kappa shape index (κ2) is 7.29. The molecule has 1 fully saturated rings. The molecule has 0 radical (unpaired) electrons. The fourth-order valence-electron chi connectivity index (χ4n) is 2.49. The summed E-state index contributed by atoms with van der Waals surface area (Å²) < 4.78 is 5.58. The highest BCUT2D eigenvalue weighted by atomic mass is 16.5. The van der Waals surface area contributed by atoms with Gasteiger partial charge < -0.3 is 15.2 Å². The molecule has 1 atom stereocenters. The number of aliphatic hydroxyl groups is 1. The standard InChI is InChI=1S/C16H23NO3/c1-12(20-15-5-3-2-4-6-15)16(19)17-11-13-7-9-14(18)10-8-13/h2-6,12-14,18H,7-11H2,1H3,(H,17,19). The van der Waals surface area contributed by atoms with E-state index in [1.165, 1.54) is 0 Å². The molecule has 1 aliphatic rings. The Bertz CT molecular complexity index is 413. The van der Waals surface area contributed by atoms with Gasteiger partial charge >= 0.3 is 0 Å². The van der Waals surface area contributed by atoms with Crippen LogP contribution < -0.4 is 10.1 Å². The van der Waals surface area contributed by atoms with Gasteiger partial charge in [-0.2, -0.15) is 0 Å². The average molecular weight is 277 g/mol. The minimum Gasteiger partial charge on any atom is -0.481 e. The van der Waals surface area contributed by atoms with Crippen molar-refractivity contribution in [2.24, 2.45) is 5.92 Å². The van der Waals surface area contributed by atoms with Gasteiger partial charge in [0, 0.05) is 6.54 Å². The Morgan fingerprint density at radius 1 is 1.30 bits per heavy atom. The van der Waals surface area contributed by atoms with E-state index in [-0.39, 0.29) is 12.0 Å². The van der Waals surface area contributed by atoms with Crippen molar-refractivity contribution in [2.45, 2.75) is 44.8 Å². The molecule has 0 bridgehead atoms. The van der Waals surface area contributed by atoms with E-state index in [2.05, 4.69) is 5.32 Å². The topological polar surface area (TPSA) is 58.6 Å². The van der Waals surface area contributed by atoms with E-state index >= 15 is 0 Å². The molecule has 2 rings (SSSR count). The first-order chi connectivity index (χ1) is 9.65. The molecule has 4 nitrogen and oxygen atoms in total. The Morgan fingerprint density at radius 2 is 1.95 bits per heavy atom. The minimum atomic E-state index is -0.494. The summed E-state index contributed by atoms with van der Waals surface area (Å²) in [6.45, 7) is 2.43. The van der Waals surface area contributed by atoms with Gasteiger partial charge in [0.05, 0.1) is 6.10 Å². The summed E-state index contributed by atoms with van der Waals surface area (Å²) in [4.78, 5) is 12.0. The van der Waals surface area contributed by atoms with Crippen LogP contribution in [0.1, 0.15) is 32.6 Å². The molecular formula is C16H23NO3. The van der Waals surface area contributed by atoms with Crippen molar-refractivity contribution in [3.05, 3.63) is 30.3 Å². The summed E-state index contributed by atoms with van der Waals surface area (Å²) >= 11 is 0. The van der Waals surface area contributed by atoms with Crippen LogP contribution in [0.15, 0.2) is 30.3 Å². The summed E-state index contributed by atoms with van der Waals surface area (Å²) in [6.07, 6.45) is 3.01. The van der Waals surface area contributed by atoms with Crippen LogP contribution in [-0.4, -0.2) is 29.8 Å². The highest BCUT2D eigenvalue weighted by Crippen LogP contribution is 2.23. The number of amides is 1. The lowest BCUT2D eigenvalue weighted by atomic mass is 9.87. The van der Waals surface area contributed by atoms with E-state index in [0.29, 0.717) is 18.2 Å². The summed E-state index contributed by atoms with van der Waals surface area (Å²) in [5.41, 5.74) is 0. The quantitative estimate of drug-likeness (QED) is 0.866. The fraction of sp³-hybridized carbons (Fsp3) is 0.562. The lowest BCUT2D eigenvalue weighted by Crippen LogP contribution is -2.39. The summed E-state index contributed by atoms with van der Waals surface area (Å²) in [7, 11) is 0. The average Bonchev–Trinajstić information content (AvgIpc) is 2.47. The third-order valence-electron chi connectivity index (χ3n) is 3.81. The number of aliphatic hydroxyl groups excluding tert-OH is 1. The van der Waals surface area contributed by atoms with Crippen LogP contribution in [0, 0.1) is 5.92 Å². The molecule has 110 valence electrons. The van der Waals surface area contributed by atoms with Gasteiger partial charge in [-0.1, -0.05) is 18.2 Å². The largest absolute Gasteiger partial charge is 0.481 e. The van der Waals surface area contributed by atoms with Crippen LogP contribution >= 0.6 is 0 Å². The van der Waals surface area contributed by atoms with Crippen LogP contribution in [0.4, 0.5) is 0 Å². The number of rotatable bonds is 5. The first-order valence-corrected chi connectivity index (χ1v) is 7.32. The number of hydrogen-bond donors (Lipinski definition) is 2. The van der Waals surface area contributed by atoms with Gasteiger partial charge in [-0.3, -0.25) is 4.79 Å². The van der Waals surface area contributed by atoms with E-state index in [1.54, 1.807) is 6.92 Å². The number of hydrogen-bond acceptors (Lipinski definition) is 3. The Hall–Kier alpha value is -1.55. The zero-order valence-corrected chi connectivity index (χ0v) is 11.9. The first-order valence-electron chi connectivity index (χ1n) is 7.32. The second-order valence-electron chi connectivity index (χ2n) is 5.49. The molecule has 1 unspecified atom stereocenters. The van der Waals surface area contributed by atoms with Crippen molar-refractivity contribution in [1.29, 1.82) is 0 Å². The molecule has 0 spiro atoms. The van der Waals surface area contributed by atoms with Crippen LogP contribution in [0.25, 0.3) is 0 Å². The molecule has 0 saturated heterocycles. The fourth-order valence-corrected chi connectivity index (χ4v) is 2.49. The highest BCUT2D eigenvalue weighted by Gasteiger charge is 2.21. The van der Waals surface area contributed by atoms with Crippen molar-refractivity contribution in [1.82, 2.24) is 5.32 Å². The molecule has 2 N–H and O–H groups in total. The van der Waals surface area contributed by atoms with E-state index < -0.39 is 6.10 Å². The molecular weight excluding hydrogens is 254 g/mol. The van der Waals surface area contributed by atoms with E-state index in [9.17, 15) is 9.90 Å². The maximum absolute atomic E-state index is 12.0. The van der Waals surface area contributed by atoms with Gasteiger partial charge in [0.25, 0.3) is 5.91 Å². The summed E-state index contributed by atoms with van der Waals surface area (Å²) in [5.74, 6) is 1.10. The molecule has 1 aromatic rings. The van der Waals surface area contributed by atoms with Gasteiger partial charge in [-0.15, -0.1) is 0 Å². The third-order valence-corrected chi connectivity index (χ3v) is 3.81. The van der Waals surface area contributed by atoms with E-state index in [0.717, 1.165) is 25.7 Å².